The van der Waals surface area contributed by atoms with Crippen molar-refractivity contribution in [1.82, 2.24) is 25.4 Å². The molecule has 126 valence electrons. The van der Waals surface area contributed by atoms with Gasteiger partial charge in [0.2, 0.25) is 11.9 Å². The molecule has 3 rings (SSSR count). The van der Waals surface area contributed by atoms with E-state index in [1.54, 1.807) is 0 Å². The van der Waals surface area contributed by atoms with Crippen molar-refractivity contribution < 1.29 is 9.59 Å². The molecular formula is C15H18N6O2S. The average Bonchev–Trinajstić information content (AvgIpc) is 3.35. The number of nitrogen functional groups attached to an aromatic ring is 1. The van der Waals surface area contributed by atoms with E-state index in [9.17, 15) is 9.59 Å². The lowest BCUT2D eigenvalue weighted by molar-refractivity contribution is -0.117. The lowest BCUT2D eigenvalue weighted by atomic mass is 10.2. The van der Waals surface area contributed by atoms with E-state index in [0.29, 0.717) is 23.7 Å². The normalized spacial score (nSPS) is 13.5. The number of nitrogens with zero attached hydrogens (tertiary/aromatic N) is 3. The molecule has 0 aliphatic heterocycles. The number of rotatable bonds is 6. The van der Waals surface area contributed by atoms with E-state index in [-0.39, 0.29) is 5.75 Å². The second-order valence-corrected chi connectivity index (χ2v) is 6.39. The molecule has 0 bridgehead atoms. The van der Waals surface area contributed by atoms with Crippen LogP contribution in [0.1, 0.15) is 24.4 Å². The Kier molecular flexibility index (Phi) is 4.99. The van der Waals surface area contributed by atoms with Gasteiger partial charge in [0.25, 0.3) is 0 Å². The van der Waals surface area contributed by atoms with Crippen LogP contribution in [0.3, 0.4) is 0 Å². The zero-order chi connectivity index (χ0) is 16.9. The first-order chi connectivity index (χ1) is 11.6. The molecule has 1 aliphatic rings. The van der Waals surface area contributed by atoms with Gasteiger partial charge in [-0.3, -0.25) is 14.7 Å². The van der Waals surface area contributed by atoms with Crippen LogP contribution in [0.15, 0.2) is 35.5 Å². The second kappa shape index (κ2) is 7.35. The van der Waals surface area contributed by atoms with E-state index < -0.39 is 11.9 Å². The van der Waals surface area contributed by atoms with E-state index in [0.717, 1.165) is 18.4 Å². The van der Waals surface area contributed by atoms with Gasteiger partial charge in [-0.1, -0.05) is 42.1 Å². The van der Waals surface area contributed by atoms with Crippen molar-refractivity contribution in [3.05, 3.63) is 35.9 Å². The van der Waals surface area contributed by atoms with Gasteiger partial charge in [-0.15, -0.1) is 10.2 Å². The maximum absolute atomic E-state index is 11.9. The van der Waals surface area contributed by atoms with Crippen LogP contribution in [0.25, 0.3) is 0 Å². The number of hydrogen-bond acceptors (Lipinski definition) is 6. The van der Waals surface area contributed by atoms with Crippen molar-refractivity contribution >= 4 is 29.6 Å². The third kappa shape index (κ3) is 4.25. The van der Waals surface area contributed by atoms with E-state index in [1.165, 1.54) is 11.8 Å². The van der Waals surface area contributed by atoms with Gasteiger partial charge >= 0.3 is 6.03 Å². The van der Waals surface area contributed by atoms with Gasteiger partial charge < -0.3 is 11.1 Å². The van der Waals surface area contributed by atoms with Crippen LogP contribution in [0.5, 0.6) is 0 Å². The number of amides is 3. The minimum Gasteiger partial charge on any atom is -0.368 e. The summed E-state index contributed by atoms with van der Waals surface area (Å²) in [5, 5.41) is 13.4. The predicted octanol–water partition coefficient (Wildman–Crippen LogP) is 1.31. The molecule has 0 unspecified atom stereocenters. The van der Waals surface area contributed by atoms with Gasteiger partial charge in [0.15, 0.2) is 5.16 Å². The van der Waals surface area contributed by atoms with Crippen LogP contribution in [-0.4, -0.2) is 32.5 Å². The summed E-state index contributed by atoms with van der Waals surface area (Å²) in [7, 11) is 0. The number of carbonyl (C=O) groups excluding carboxylic acids is 2. The van der Waals surface area contributed by atoms with E-state index in [4.69, 9.17) is 5.73 Å². The predicted molar refractivity (Wildman–Crippen MR) is 90.2 cm³/mol. The molecule has 0 radical (unpaired) electrons. The molecule has 0 atom stereocenters. The summed E-state index contributed by atoms with van der Waals surface area (Å²) in [6.45, 7) is 0.361. The van der Waals surface area contributed by atoms with Crippen molar-refractivity contribution in [3.8, 4) is 0 Å². The summed E-state index contributed by atoms with van der Waals surface area (Å²) >= 11 is 1.22. The highest BCUT2D eigenvalue weighted by atomic mass is 32.2. The first-order valence-corrected chi connectivity index (χ1v) is 8.57. The number of benzene rings is 1. The Balaban J connectivity index is 1.43. The number of urea groups is 1. The van der Waals surface area contributed by atoms with Crippen molar-refractivity contribution in [2.24, 2.45) is 0 Å². The molecule has 0 saturated heterocycles. The highest BCUT2D eigenvalue weighted by Crippen LogP contribution is 2.39. The molecule has 0 spiro atoms. The summed E-state index contributed by atoms with van der Waals surface area (Å²) in [5.41, 5.74) is 6.74. The Morgan fingerprint density at radius 1 is 1.25 bits per heavy atom. The molecule has 3 amide bonds. The molecule has 8 nitrogen and oxygen atoms in total. The zero-order valence-corrected chi connectivity index (χ0v) is 13.8. The largest absolute Gasteiger partial charge is 0.368 e. The summed E-state index contributed by atoms with van der Waals surface area (Å²) in [6.07, 6.45) is 2.09. The highest BCUT2D eigenvalue weighted by Gasteiger charge is 2.29. The molecule has 1 saturated carbocycles. The SMILES string of the molecule is Nc1nnc(SCC(=O)NC(=O)NCc2ccccc2)n1C1CC1. The Bertz CT molecular complexity index is 729. The summed E-state index contributed by atoms with van der Waals surface area (Å²) < 4.78 is 1.84. The Morgan fingerprint density at radius 3 is 2.71 bits per heavy atom. The molecule has 4 N–H and O–H groups in total. The number of nitrogens with one attached hydrogen (secondary N) is 2. The van der Waals surface area contributed by atoms with Gasteiger partial charge in [-0.25, -0.2) is 4.79 Å². The molecule has 1 aliphatic carbocycles. The minimum atomic E-state index is -0.521. The molecular weight excluding hydrogens is 328 g/mol. The van der Waals surface area contributed by atoms with Gasteiger partial charge in [0.05, 0.1) is 5.75 Å². The molecule has 1 aromatic heterocycles. The summed E-state index contributed by atoms with van der Waals surface area (Å²) in [6, 6.07) is 9.28. The molecule has 24 heavy (non-hydrogen) atoms. The van der Waals surface area contributed by atoms with E-state index >= 15 is 0 Å². The summed E-state index contributed by atoms with van der Waals surface area (Å²) in [5.74, 6) is 0.0411. The van der Waals surface area contributed by atoms with Crippen molar-refractivity contribution in [1.29, 1.82) is 0 Å². The Morgan fingerprint density at radius 2 is 2.00 bits per heavy atom. The number of carbonyl (C=O) groups is 2. The van der Waals surface area contributed by atoms with E-state index in [2.05, 4.69) is 20.8 Å². The maximum Gasteiger partial charge on any atom is 0.321 e. The van der Waals surface area contributed by atoms with Gasteiger partial charge in [-0.2, -0.15) is 0 Å². The average molecular weight is 346 g/mol. The fourth-order valence-electron chi connectivity index (χ4n) is 2.18. The van der Waals surface area contributed by atoms with Gasteiger partial charge in [-0.05, 0) is 18.4 Å². The van der Waals surface area contributed by atoms with Crippen LogP contribution in [0.4, 0.5) is 10.7 Å². The third-order valence-electron chi connectivity index (χ3n) is 3.48. The molecule has 1 heterocycles. The maximum atomic E-state index is 11.9. The van der Waals surface area contributed by atoms with Crippen molar-refractivity contribution in [2.75, 3.05) is 11.5 Å². The van der Waals surface area contributed by atoms with E-state index in [1.807, 2.05) is 34.9 Å². The van der Waals surface area contributed by atoms with Crippen LogP contribution in [0.2, 0.25) is 0 Å². The van der Waals surface area contributed by atoms with Gasteiger partial charge in [0.1, 0.15) is 0 Å². The van der Waals surface area contributed by atoms with Crippen molar-refractivity contribution in [3.63, 3.8) is 0 Å². The van der Waals surface area contributed by atoms with Crippen LogP contribution in [0, 0.1) is 0 Å². The van der Waals surface area contributed by atoms with Crippen LogP contribution < -0.4 is 16.4 Å². The highest BCUT2D eigenvalue weighted by molar-refractivity contribution is 7.99. The fourth-order valence-corrected chi connectivity index (χ4v) is 2.99. The number of anilines is 1. The molecule has 1 aromatic carbocycles. The lowest BCUT2D eigenvalue weighted by Crippen LogP contribution is -2.40. The number of nitrogens with two attached hydrogens (primary N) is 1. The Labute approximate surface area is 143 Å². The van der Waals surface area contributed by atoms with Gasteiger partial charge in [0, 0.05) is 12.6 Å². The molecule has 1 fully saturated rings. The topological polar surface area (TPSA) is 115 Å². The van der Waals surface area contributed by atoms with Crippen LogP contribution in [-0.2, 0) is 11.3 Å². The smallest absolute Gasteiger partial charge is 0.321 e. The first-order valence-electron chi connectivity index (χ1n) is 7.58. The van der Waals surface area contributed by atoms with Crippen molar-refractivity contribution in [2.45, 2.75) is 30.6 Å². The molecule has 2 aromatic rings. The minimum absolute atomic E-state index is 0.0730. The number of aromatic nitrogens is 3. The zero-order valence-electron chi connectivity index (χ0n) is 12.9. The lowest BCUT2D eigenvalue weighted by Gasteiger charge is -2.07. The quantitative estimate of drug-likeness (QED) is 0.680. The fraction of sp³-hybridized carbons (Fsp3) is 0.333. The number of imide groups is 1. The molecule has 9 heteroatoms. The first kappa shape index (κ1) is 16.3. The summed E-state index contributed by atoms with van der Waals surface area (Å²) in [4.78, 5) is 23.6. The standard InChI is InChI=1S/C15H18N6O2S/c16-13-19-20-15(21(13)11-6-7-11)24-9-12(22)18-14(23)17-8-10-4-2-1-3-5-10/h1-5,11H,6-9H2,(H2,16,19)(H2,17,18,22,23). The monoisotopic (exact) mass is 346 g/mol. The second-order valence-electron chi connectivity index (χ2n) is 5.45. The Hall–Kier alpha value is -2.55. The number of hydrogen-bond donors (Lipinski definition) is 3. The number of thioether (sulfide) groups is 1. The third-order valence-corrected chi connectivity index (χ3v) is 4.43. The van der Waals surface area contributed by atoms with Crippen LogP contribution >= 0.6 is 11.8 Å².